The van der Waals surface area contributed by atoms with Crippen LogP contribution in [-0.4, -0.2) is 48.0 Å². The Morgan fingerprint density at radius 2 is 2.03 bits per heavy atom. The summed E-state index contributed by atoms with van der Waals surface area (Å²) in [6.07, 6.45) is -1.22. The van der Waals surface area contributed by atoms with Crippen LogP contribution in [0, 0.1) is 11.6 Å². The lowest BCUT2D eigenvalue weighted by Gasteiger charge is -2.21. The number of nitrogens with one attached hydrogen (secondary N) is 1. The van der Waals surface area contributed by atoms with Gasteiger partial charge >= 0.3 is 6.09 Å². The summed E-state index contributed by atoms with van der Waals surface area (Å²) < 4.78 is 59.2. The summed E-state index contributed by atoms with van der Waals surface area (Å²) in [6.45, 7) is 2.14. The van der Waals surface area contributed by atoms with E-state index in [0.29, 0.717) is 6.54 Å². The third-order valence-corrected chi connectivity index (χ3v) is 8.34. The molecule has 1 atom stereocenters. The van der Waals surface area contributed by atoms with E-state index < -0.39 is 38.5 Å². The highest BCUT2D eigenvalue weighted by Gasteiger charge is 2.38. The molecule has 1 aliphatic rings. The van der Waals surface area contributed by atoms with Crippen LogP contribution in [0.2, 0.25) is 0 Å². The number of hydrogen-bond acceptors (Lipinski definition) is 7. The summed E-state index contributed by atoms with van der Waals surface area (Å²) in [5.41, 5.74) is 1.19. The lowest BCUT2D eigenvalue weighted by Crippen LogP contribution is -2.37. The maximum atomic E-state index is 15.2. The van der Waals surface area contributed by atoms with E-state index in [1.165, 1.54) is 5.38 Å². The van der Waals surface area contributed by atoms with Gasteiger partial charge in [-0.15, -0.1) is 4.31 Å². The molecule has 3 aromatic rings. The summed E-state index contributed by atoms with van der Waals surface area (Å²) in [5.74, 6) is -3.31. The van der Waals surface area contributed by atoms with Gasteiger partial charge in [0.25, 0.3) is 10.0 Å². The molecule has 8 nitrogen and oxygen atoms in total. The zero-order valence-corrected chi connectivity index (χ0v) is 20.7. The van der Waals surface area contributed by atoms with Gasteiger partial charge in [-0.3, -0.25) is 4.90 Å². The Morgan fingerprint density at radius 1 is 1.29 bits per heavy atom. The number of likely N-dealkylation sites (tertiary alicyclic amines) is 1. The lowest BCUT2D eigenvalue weighted by atomic mass is 10.2. The van der Waals surface area contributed by atoms with Crippen LogP contribution < -0.4 is 9.62 Å². The van der Waals surface area contributed by atoms with Gasteiger partial charge < -0.3 is 10.4 Å². The average Bonchev–Trinajstić information content (AvgIpc) is 3.44. The second-order valence-corrected chi connectivity index (χ2v) is 10.8. The SMILES string of the molecule is O=C(O)N(c1ccsn1)S(=O)(=O)c1c(F)cc(NC2CCN(Cc3ccccc3)C2)c(Br)c1F. The van der Waals surface area contributed by atoms with Crippen molar-refractivity contribution in [1.29, 1.82) is 0 Å². The second kappa shape index (κ2) is 9.94. The maximum Gasteiger partial charge on any atom is 0.427 e. The van der Waals surface area contributed by atoms with Gasteiger partial charge in [0.15, 0.2) is 16.5 Å². The predicted molar refractivity (Wildman–Crippen MR) is 128 cm³/mol. The number of amides is 1. The van der Waals surface area contributed by atoms with E-state index in [0.717, 1.165) is 48.7 Å². The first kappa shape index (κ1) is 24.5. The van der Waals surface area contributed by atoms with Gasteiger partial charge in [-0.1, -0.05) is 30.3 Å². The zero-order valence-electron chi connectivity index (χ0n) is 17.5. The van der Waals surface area contributed by atoms with E-state index in [4.69, 9.17) is 0 Å². The second-order valence-electron chi connectivity index (χ2n) is 7.62. The molecule has 2 aromatic carbocycles. The van der Waals surface area contributed by atoms with E-state index in [-0.39, 0.29) is 20.5 Å². The summed E-state index contributed by atoms with van der Waals surface area (Å²) in [6, 6.07) is 11.7. The monoisotopic (exact) mass is 572 g/mol. The number of aromatic nitrogens is 1. The Hall–Kier alpha value is -2.61. The van der Waals surface area contributed by atoms with Crippen molar-refractivity contribution >= 4 is 55.1 Å². The van der Waals surface area contributed by atoms with Crippen LogP contribution >= 0.6 is 27.5 Å². The number of rotatable bonds is 7. The van der Waals surface area contributed by atoms with Crippen LogP contribution in [-0.2, 0) is 16.6 Å². The Morgan fingerprint density at radius 3 is 2.68 bits per heavy atom. The molecule has 1 aliphatic heterocycles. The summed E-state index contributed by atoms with van der Waals surface area (Å²) in [5, 5.41) is 13.8. The smallest absolute Gasteiger partial charge is 0.427 e. The fraction of sp³-hybridized carbons (Fsp3) is 0.238. The minimum atomic E-state index is -5.13. The van der Waals surface area contributed by atoms with Gasteiger partial charge in [0.05, 0.1) is 10.2 Å². The van der Waals surface area contributed by atoms with Crippen molar-refractivity contribution in [1.82, 2.24) is 9.27 Å². The molecular formula is C21H19BrF2N4O4S2. The standard InChI is InChI=1S/C21H19BrF2N4O4S2/c22-18-16(25-14-6-8-27(12-14)11-13-4-2-1-3-5-13)10-15(23)20(19(18)24)34(31,32)28(21(29)30)17-7-9-33-26-17/h1-5,7,9-10,14,25H,6,8,11-12H2,(H,29,30). The van der Waals surface area contributed by atoms with E-state index in [2.05, 4.69) is 30.5 Å². The van der Waals surface area contributed by atoms with Gasteiger partial charge in [0.1, 0.15) is 5.82 Å². The molecule has 0 radical (unpaired) electrons. The topological polar surface area (TPSA) is 103 Å². The Bertz CT molecular complexity index is 1290. The first-order valence-electron chi connectivity index (χ1n) is 10.1. The summed E-state index contributed by atoms with van der Waals surface area (Å²) >= 11 is 3.81. The molecule has 0 spiro atoms. The molecule has 13 heteroatoms. The quantitative estimate of drug-likeness (QED) is 0.394. The third kappa shape index (κ3) is 4.92. The molecule has 34 heavy (non-hydrogen) atoms. The van der Waals surface area contributed by atoms with Crippen LogP contribution in [0.3, 0.4) is 0 Å². The molecule has 0 bridgehead atoms. The van der Waals surface area contributed by atoms with Crippen LogP contribution in [0.15, 0.2) is 57.2 Å². The van der Waals surface area contributed by atoms with Gasteiger partial charge in [-0.25, -0.2) is 22.0 Å². The molecule has 0 aliphatic carbocycles. The fourth-order valence-electron chi connectivity index (χ4n) is 3.80. The van der Waals surface area contributed by atoms with Crippen molar-refractivity contribution in [3.63, 3.8) is 0 Å². The molecule has 1 unspecified atom stereocenters. The normalized spacial score (nSPS) is 16.5. The predicted octanol–water partition coefficient (Wildman–Crippen LogP) is 4.74. The van der Waals surface area contributed by atoms with Crippen molar-refractivity contribution in [2.24, 2.45) is 0 Å². The maximum absolute atomic E-state index is 15.2. The van der Waals surface area contributed by atoms with E-state index in [9.17, 15) is 22.7 Å². The van der Waals surface area contributed by atoms with Crippen LogP contribution in [0.4, 0.5) is 25.1 Å². The first-order valence-corrected chi connectivity index (χ1v) is 13.1. The Labute approximate surface area is 207 Å². The van der Waals surface area contributed by atoms with Crippen molar-refractivity contribution in [3.05, 3.63) is 69.5 Å². The minimum absolute atomic E-state index is 0.0380. The van der Waals surface area contributed by atoms with Gasteiger partial charge in [-0.05, 0) is 51.6 Å². The number of halogens is 3. The molecule has 0 saturated carbocycles. The zero-order chi connectivity index (χ0) is 24.5. The molecule has 1 saturated heterocycles. The molecule has 2 N–H and O–H groups in total. The van der Waals surface area contributed by atoms with Crippen LogP contribution in [0.1, 0.15) is 12.0 Å². The number of sulfonamides is 1. The number of benzene rings is 2. The lowest BCUT2D eigenvalue weighted by molar-refractivity contribution is 0.206. The minimum Gasteiger partial charge on any atom is -0.464 e. The van der Waals surface area contributed by atoms with Crippen LogP contribution in [0.25, 0.3) is 0 Å². The fourth-order valence-corrected chi connectivity index (χ4v) is 6.28. The van der Waals surface area contributed by atoms with Gasteiger partial charge in [0, 0.05) is 31.1 Å². The summed E-state index contributed by atoms with van der Waals surface area (Å²) in [7, 11) is -5.13. The molecule has 2 heterocycles. The molecule has 4 rings (SSSR count). The number of carboxylic acid groups (broad SMARTS) is 1. The molecule has 180 valence electrons. The van der Waals surface area contributed by atoms with Crippen LogP contribution in [0.5, 0.6) is 0 Å². The molecule has 1 fully saturated rings. The molecule has 1 amide bonds. The average molecular weight is 573 g/mol. The van der Waals surface area contributed by atoms with Crippen molar-refractivity contribution in [3.8, 4) is 0 Å². The molecule has 1 aromatic heterocycles. The Balaban J connectivity index is 1.56. The van der Waals surface area contributed by atoms with E-state index in [1.807, 2.05) is 30.3 Å². The number of nitrogens with zero attached hydrogens (tertiary/aromatic N) is 3. The summed E-state index contributed by atoms with van der Waals surface area (Å²) in [4.78, 5) is 12.4. The van der Waals surface area contributed by atoms with E-state index >= 15 is 4.39 Å². The highest BCUT2D eigenvalue weighted by molar-refractivity contribution is 9.10. The van der Waals surface area contributed by atoms with Gasteiger partial charge in [0.2, 0.25) is 0 Å². The van der Waals surface area contributed by atoms with Crippen molar-refractivity contribution in [2.75, 3.05) is 22.7 Å². The van der Waals surface area contributed by atoms with E-state index in [1.54, 1.807) is 0 Å². The number of anilines is 2. The number of hydrogen-bond donors (Lipinski definition) is 2. The largest absolute Gasteiger partial charge is 0.464 e. The van der Waals surface area contributed by atoms with Crippen molar-refractivity contribution < 1.29 is 27.1 Å². The first-order chi connectivity index (χ1) is 16.2. The Kier molecular flexibility index (Phi) is 7.17. The molecular weight excluding hydrogens is 554 g/mol. The highest BCUT2D eigenvalue weighted by atomic mass is 79.9. The number of carbonyl (C=O) groups is 1. The highest BCUT2D eigenvalue weighted by Crippen LogP contribution is 2.36. The van der Waals surface area contributed by atoms with Crippen molar-refractivity contribution in [2.45, 2.75) is 23.9 Å². The third-order valence-electron chi connectivity index (χ3n) is 5.30. The van der Waals surface area contributed by atoms with Gasteiger partial charge in [-0.2, -0.15) is 4.37 Å².